The molecule has 2 aromatic carbocycles. The van der Waals surface area contributed by atoms with Gasteiger partial charge >= 0.3 is 6.09 Å². The predicted octanol–water partition coefficient (Wildman–Crippen LogP) is 2.27. The molecule has 1 fully saturated rings. The number of nitrogens with one attached hydrogen (secondary N) is 1. The molecule has 28 heavy (non-hydrogen) atoms. The van der Waals surface area contributed by atoms with Crippen LogP contribution in [0.4, 0.5) is 10.5 Å². The Kier molecular flexibility index (Phi) is 5.93. The Balaban J connectivity index is 1.78. The molecule has 1 N–H and O–H groups in total. The van der Waals surface area contributed by atoms with E-state index in [2.05, 4.69) is 10.1 Å². The molecule has 7 heteroatoms. The van der Waals surface area contributed by atoms with Gasteiger partial charge in [-0.15, -0.1) is 0 Å². The highest BCUT2D eigenvalue weighted by Crippen LogP contribution is 2.32. The molecule has 7 nitrogen and oxygen atoms in total. The zero-order valence-corrected chi connectivity index (χ0v) is 15.9. The number of methoxy groups -OCH3 is 1. The summed E-state index contributed by atoms with van der Waals surface area (Å²) in [7, 11) is 1.23. The van der Waals surface area contributed by atoms with Gasteiger partial charge in [0.1, 0.15) is 13.1 Å². The number of alkyl carbamates (subject to hydrolysis) is 1. The van der Waals surface area contributed by atoms with E-state index in [0.29, 0.717) is 6.54 Å². The molecule has 0 aliphatic carbocycles. The second-order valence-electron chi connectivity index (χ2n) is 6.60. The molecule has 0 aromatic heterocycles. The van der Waals surface area contributed by atoms with Crippen molar-refractivity contribution in [2.45, 2.75) is 13.0 Å². The number of para-hydroxylation sites is 1. The molecule has 0 saturated carbocycles. The lowest BCUT2D eigenvalue weighted by Crippen LogP contribution is -2.58. The topological polar surface area (TPSA) is 79.0 Å². The van der Waals surface area contributed by atoms with Gasteiger partial charge < -0.3 is 19.9 Å². The highest BCUT2D eigenvalue weighted by Gasteiger charge is 2.34. The molecule has 2 aromatic rings. The molecule has 0 spiro atoms. The second-order valence-corrected chi connectivity index (χ2v) is 6.60. The maximum absolute atomic E-state index is 12.9. The summed E-state index contributed by atoms with van der Waals surface area (Å²) >= 11 is 0. The fraction of sp³-hybridized carbons (Fsp3) is 0.286. The van der Waals surface area contributed by atoms with Crippen molar-refractivity contribution in [1.29, 1.82) is 0 Å². The molecule has 1 aliphatic heterocycles. The third-order valence-electron chi connectivity index (χ3n) is 4.75. The Morgan fingerprint density at radius 2 is 1.79 bits per heavy atom. The van der Waals surface area contributed by atoms with Crippen LogP contribution in [-0.2, 0) is 14.3 Å². The molecule has 0 radical (unpaired) electrons. The van der Waals surface area contributed by atoms with Crippen LogP contribution in [0, 0.1) is 0 Å². The van der Waals surface area contributed by atoms with Gasteiger partial charge in [0.25, 0.3) is 0 Å². The van der Waals surface area contributed by atoms with Gasteiger partial charge in [-0.1, -0.05) is 48.5 Å². The molecule has 1 unspecified atom stereocenters. The van der Waals surface area contributed by atoms with Crippen LogP contribution < -0.4 is 10.2 Å². The summed E-state index contributed by atoms with van der Waals surface area (Å²) in [5, 5.41) is 2.36. The van der Waals surface area contributed by atoms with E-state index in [1.165, 1.54) is 12.0 Å². The first-order chi connectivity index (χ1) is 13.5. The first-order valence-electron chi connectivity index (χ1n) is 9.07. The van der Waals surface area contributed by atoms with Crippen LogP contribution in [-0.4, -0.2) is 55.6 Å². The summed E-state index contributed by atoms with van der Waals surface area (Å²) in [6.07, 6.45) is -0.678. The number of carbonyl (C=O) groups is 3. The number of benzene rings is 2. The van der Waals surface area contributed by atoms with E-state index < -0.39 is 6.09 Å². The maximum Gasteiger partial charge on any atom is 0.407 e. The Labute approximate surface area is 163 Å². The van der Waals surface area contributed by atoms with Crippen LogP contribution in [0.1, 0.15) is 6.92 Å². The van der Waals surface area contributed by atoms with Crippen molar-refractivity contribution < 1.29 is 19.1 Å². The Bertz CT molecular complexity index is 869. The third kappa shape index (κ3) is 4.14. The van der Waals surface area contributed by atoms with E-state index in [1.807, 2.05) is 61.5 Å². The highest BCUT2D eigenvalue weighted by atomic mass is 16.5. The predicted molar refractivity (Wildman–Crippen MR) is 106 cm³/mol. The van der Waals surface area contributed by atoms with Crippen LogP contribution in [0.2, 0.25) is 0 Å². The van der Waals surface area contributed by atoms with Gasteiger partial charge in [-0.05, 0) is 18.6 Å². The molecular weight excluding hydrogens is 358 g/mol. The molecule has 1 aliphatic rings. The molecule has 3 amide bonds. The number of hydrogen-bond acceptors (Lipinski definition) is 4. The molecule has 146 valence electrons. The van der Waals surface area contributed by atoms with E-state index in [1.54, 1.807) is 4.90 Å². The maximum atomic E-state index is 12.9. The summed E-state index contributed by atoms with van der Waals surface area (Å²) < 4.78 is 4.47. The second kappa shape index (κ2) is 8.56. The number of amides is 3. The van der Waals surface area contributed by atoms with E-state index in [4.69, 9.17) is 0 Å². The number of hydrogen-bond donors (Lipinski definition) is 1. The molecule has 0 bridgehead atoms. The first kappa shape index (κ1) is 19.4. The zero-order valence-electron chi connectivity index (χ0n) is 15.9. The smallest absolute Gasteiger partial charge is 0.407 e. The zero-order chi connectivity index (χ0) is 20.1. The van der Waals surface area contributed by atoms with E-state index >= 15 is 0 Å². The number of piperazine rings is 1. The summed E-state index contributed by atoms with van der Waals surface area (Å²) in [4.78, 5) is 39.6. The van der Waals surface area contributed by atoms with Crippen molar-refractivity contribution in [1.82, 2.24) is 10.2 Å². The number of nitrogens with zero attached hydrogens (tertiary/aromatic N) is 2. The van der Waals surface area contributed by atoms with E-state index in [9.17, 15) is 14.4 Å². The minimum atomic E-state index is -0.678. The Morgan fingerprint density at radius 3 is 2.50 bits per heavy atom. The van der Waals surface area contributed by atoms with Crippen molar-refractivity contribution >= 4 is 23.6 Å². The summed E-state index contributed by atoms with van der Waals surface area (Å²) in [6, 6.07) is 17.4. The van der Waals surface area contributed by atoms with Gasteiger partial charge in [-0.3, -0.25) is 9.59 Å². The largest absolute Gasteiger partial charge is 0.453 e. The molecule has 1 heterocycles. The van der Waals surface area contributed by atoms with Crippen molar-refractivity contribution in [3.8, 4) is 11.1 Å². The van der Waals surface area contributed by atoms with Gasteiger partial charge in [0.2, 0.25) is 11.8 Å². The Hall–Kier alpha value is -3.35. The fourth-order valence-electron chi connectivity index (χ4n) is 3.31. The SMILES string of the molecule is COC(=O)NCC(=O)N1CC(=O)N(c2ccccc2-c2ccccc2)CC1C. The van der Waals surface area contributed by atoms with Gasteiger partial charge in [0, 0.05) is 18.2 Å². The summed E-state index contributed by atoms with van der Waals surface area (Å²) in [5.74, 6) is -0.477. The number of carbonyl (C=O) groups excluding carboxylic acids is 3. The van der Waals surface area contributed by atoms with E-state index in [0.717, 1.165) is 16.8 Å². The quantitative estimate of drug-likeness (QED) is 0.881. The lowest BCUT2D eigenvalue weighted by Gasteiger charge is -2.40. The van der Waals surface area contributed by atoms with Crippen LogP contribution >= 0.6 is 0 Å². The van der Waals surface area contributed by atoms with E-state index in [-0.39, 0.29) is 30.9 Å². The molecule has 3 rings (SSSR count). The lowest BCUT2D eigenvalue weighted by atomic mass is 10.0. The monoisotopic (exact) mass is 381 g/mol. The van der Waals surface area contributed by atoms with Crippen LogP contribution in [0.15, 0.2) is 54.6 Å². The van der Waals surface area contributed by atoms with Gasteiger partial charge in [0.15, 0.2) is 0 Å². The molecule has 1 atom stereocenters. The number of anilines is 1. The minimum absolute atomic E-state index is 0.0357. The standard InChI is InChI=1S/C21H23N3O4/c1-15-13-24(20(26)14-23(15)19(25)12-22-21(27)28-2)18-11-7-6-10-17(18)16-8-4-3-5-9-16/h3-11,15H,12-14H2,1-2H3,(H,22,27). The summed E-state index contributed by atoms with van der Waals surface area (Å²) in [6.45, 7) is 2.03. The number of ether oxygens (including phenoxy) is 1. The van der Waals surface area contributed by atoms with Crippen LogP contribution in [0.25, 0.3) is 11.1 Å². The van der Waals surface area contributed by atoms with Crippen LogP contribution in [0.5, 0.6) is 0 Å². The lowest BCUT2D eigenvalue weighted by molar-refractivity contribution is -0.138. The molecular formula is C21H23N3O4. The Morgan fingerprint density at radius 1 is 1.11 bits per heavy atom. The van der Waals surface area contributed by atoms with Gasteiger partial charge in [-0.2, -0.15) is 0 Å². The fourth-order valence-corrected chi connectivity index (χ4v) is 3.31. The minimum Gasteiger partial charge on any atom is -0.453 e. The third-order valence-corrected chi connectivity index (χ3v) is 4.75. The normalized spacial score (nSPS) is 16.6. The average molecular weight is 381 g/mol. The van der Waals surface area contributed by atoms with Crippen molar-refractivity contribution in [3.05, 3.63) is 54.6 Å². The first-order valence-corrected chi connectivity index (χ1v) is 9.07. The summed E-state index contributed by atoms with van der Waals surface area (Å²) in [5.41, 5.74) is 2.82. The highest BCUT2D eigenvalue weighted by molar-refractivity contribution is 6.01. The van der Waals surface area contributed by atoms with Crippen LogP contribution in [0.3, 0.4) is 0 Å². The molecule has 1 saturated heterocycles. The average Bonchev–Trinajstić information content (AvgIpc) is 2.73. The van der Waals surface area contributed by atoms with Gasteiger partial charge in [0.05, 0.1) is 12.8 Å². The van der Waals surface area contributed by atoms with Crippen molar-refractivity contribution in [2.24, 2.45) is 0 Å². The van der Waals surface area contributed by atoms with Gasteiger partial charge in [-0.25, -0.2) is 4.79 Å². The number of rotatable bonds is 4. The van der Waals surface area contributed by atoms with Crippen molar-refractivity contribution in [3.63, 3.8) is 0 Å². The van der Waals surface area contributed by atoms with Crippen molar-refractivity contribution in [2.75, 3.05) is 31.6 Å².